The van der Waals surface area contributed by atoms with Gasteiger partial charge in [0.2, 0.25) is 0 Å². The third-order valence-electron chi connectivity index (χ3n) is 3.11. The lowest BCUT2D eigenvalue weighted by atomic mass is 10.1. The fourth-order valence-corrected chi connectivity index (χ4v) is 2.26. The van der Waals surface area contributed by atoms with Gasteiger partial charge in [-0.15, -0.1) is 0 Å². The fourth-order valence-electron chi connectivity index (χ4n) is 2.26. The van der Waals surface area contributed by atoms with Gasteiger partial charge in [-0.3, -0.25) is 4.79 Å². The van der Waals surface area contributed by atoms with Crippen LogP contribution in [0.2, 0.25) is 0 Å². The Hall–Kier alpha value is -1.55. The van der Waals surface area contributed by atoms with Crippen molar-refractivity contribution in [3.05, 3.63) is 29.8 Å². The number of carbonyl (C=O) groups is 1. The Morgan fingerprint density at radius 3 is 2.65 bits per heavy atom. The van der Waals surface area contributed by atoms with E-state index >= 15 is 0 Å². The number of para-hydroxylation sites is 1. The van der Waals surface area contributed by atoms with Gasteiger partial charge in [0, 0.05) is 18.8 Å². The Morgan fingerprint density at radius 1 is 1.24 bits per heavy atom. The van der Waals surface area contributed by atoms with E-state index in [1.165, 1.54) is 19.3 Å². The van der Waals surface area contributed by atoms with Crippen molar-refractivity contribution in [3.63, 3.8) is 0 Å². The number of benzene rings is 1. The second-order valence-corrected chi connectivity index (χ2v) is 4.27. The van der Waals surface area contributed by atoms with E-state index in [-0.39, 0.29) is 12.6 Å². The van der Waals surface area contributed by atoms with Crippen LogP contribution in [0.1, 0.15) is 29.6 Å². The summed E-state index contributed by atoms with van der Waals surface area (Å²) in [4.78, 5) is 14.2. The van der Waals surface area contributed by atoms with Crippen molar-refractivity contribution in [2.45, 2.75) is 19.3 Å². The zero-order chi connectivity index (χ0) is 12.1. The van der Waals surface area contributed by atoms with Gasteiger partial charge < -0.3 is 16.0 Å². The molecule has 92 valence electrons. The van der Waals surface area contributed by atoms with E-state index in [4.69, 9.17) is 5.73 Å². The largest absolute Gasteiger partial charge is 0.371 e. The number of carbonyl (C=O) groups excluding carboxylic acids is 1. The lowest BCUT2D eigenvalue weighted by Gasteiger charge is -2.30. The first-order valence-corrected chi connectivity index (χ1v) is 6.15. The molecule has 3 N–H and O–H groups in total. The molecule has 0 spiro atoms. The number of rotatable bonds is 3. The molecular weight excluding hydrogens is 214 g/mol. The highest BCUT2D eigenvalue weighted by molar-refractivity contribution is 5.99. The first kappa shape index (κ1) is 11.9. The highest BCUT2D eigenvalue weighted by Gasteiger charge is 2.17. The average Bonchev–Trinajstić information content (AvgIpc) is 2.40. The summed E-state index contributed by atoms with van der Waals surface area (Å²) >= 11 is 0. The first-order chi connectivity index (χ1) is 8.33. The van der Waals surface area contributed by atoms with Crippen LogP contribution < -0.4 is 16.0 Å². The Labute approximate surface area is 102 Å². The molecule has 0 bridgehead atoms. The fraction of sp³-hybridized carbons (Fsp3) is 0.462. The molecule has 1 fully saturated rings. The van der Waals surface area contributed by atoms with Crippen LogP contribution in [0.3, 0.4) is 0 Å². The molecule has 4 nitrogen and oxygen atoms in total. The number of amides is 1. The van der Waals surface area contributed by atoms with Crippen molar-refractivity contribution in [3.8, 4) is 0 Å². The van der Waals surface area contributed by atoms with E-state index in [9.17, 15) is 4.79 Å². The molecule has 0 radical (unpaired) electrons. The average molecular weight is 233 g/mol. The van der Waals surface area contributed by atoms with Crippen molar-refractivity contribution in [2.24, 2.45) is 5.73 Å². The number of hydrogen-bond donors (Lipinski definition) is 2. The van der Waals surface area contributed by atoms with E-state index in [1.54, 1.807) is 0 Å². The Balaban J connectivity index is 2.23. The van der Waals surface area contributed by atoms with Crippen molar-refractivity contribution in [1.82, 2.24) is 5.32 Å². The van der Waals surface area contributed by atoms with Gasteiger partial charge in [0.25, 0.3) is 5.91 Å². The Bertz CT molecular complexity index is 386. The monoisotopic (exact) mass is 233 g/mol. The summed E-state index contributed by atoms with van der Waals surface area (Å²) in [7, 11) is 0. The van der Waals surface area contributed by atoms with E-state index in [0.29, 0.717) is 0 Å². The van der Waals surface area contributed by atoms with Crippen molar-refractivity contribution >= 4 is 11.6 Å². The molecule has 1 amide bonds. The molecule has 0 unspecified atom stereocenters. The van der Waals surface area contributed by atoms with Crippen LogP contribution >= 0.6 is 0 Å². The highest BCUT2D eigenvalue weighted by Crippen LogP contribution is 2.23. The van der Waals surface area contributed by atoms with E-state index < -0.39 is 0 Å². The second kappa shape index (κ2) is 5.68. The summed E-state index contributed by atoms with van der Waals surface area (Å²) in [6.45, 7) is 2.24. The number of hydrogen-bond acceptors (Lipinski definition) is 3. The summed E-state index contributed by atoms with van der Waals surface area (Å²) in [5.74, 6) is -0.0892. The van der Waals surface area contributed by atoms with Crippen LogP contribution in [-0.2, 0) is 0 Å². The molecular formula is C13H19N3O. The number of nitrogens with two attached hydrogens (primary N) is 1. The minimum Gasteiger partial charge on any atom is -0.371 e. The van der Waals surface area contributed by atoms with Gasteiger partial charge in [0.15, 0.2) is 0 Å². The molecule has 1 aliphatic heterocycles. The van der Waals surface area contributed by atoms with Gasteiger partial charge in [-0.05, 0) is 31.4 Å². The molecule has 1 aromatic rings. The van der Waals surface area contributed by atoms with Crippen LogP contribution in [0.4, 0.5) is 5.69 Å². The molecule has 0 atom stereocenters. The summed E-state index contributed by atoms with van der Waals surface area (Å²) in [6.07, 6.45) is 3.69. The zero-order valence-corrected chi connectivity index (χ0v) is 9.98. The highest BCUT2D eigenvalue weighted by atomic mass is 16.1. The number of nitrogens with one attached hydrogen (secondary N) is 1. The third kappa shape index (κ3) is 2.77. The molecule has 1 aliphatic rings. The summed E-state index contributed by atoms with van der Waals surface area (Å²) in [5, 5.41) is 2.65. The molecule has 2 rings (SSSR count). The van der Waals surface area contributed by atoms with Crippen LogP contribution in [0.15, 0.2) is 24.3 Å². The van der Waals surface area contributed by atoms with Gasteiger partial charge >= 0.3 is 0 Å². The lowest BCUT2D eigenvalue weighted by Crippen LogP contribution is -2.34. The minimum atomic E-state index is -0.0892. The maximum Gasteiger partial charge on any atom is 0.254 e. The van der Waals surface area contributed by atoms with Gasteiger partial charge in [-0.1, -0.05) is 12.1 Å². The van der Waals surface area contributed by atoms with E-state index in [1.807, 2.05) is 24.3 Å². The molecule has 1 saturated heterocycles. The Kier molecular flexibility index (Phi) is 3.98. The maximum atomic E-state index is 11.9. The standard InChI is InChI=1S/C13H19N3O/c14-10-15-13(17)11-6-2-3-7-12(11)16-8-4-1-5-9-16/h2-3,6-7H,1,4-5,8-10,14H2,(H,15,17). The topological polar surface area (TPSA) is 58.4 Å². The summed E-state index contributed by atoms with van der Waals surface area (Å²) in [5.41, 5.74) is 7.10. The van der Waals surface area contributed by atoms with E-state index in [2.05, 4.69) is 10.2 Å². The van der Waals surface area contributed by atoms with Crippen LogP contribution in [0.5, 0.6) is 0 Å². The summed E-state index contributed by atoms with van der Waals surface area (Å²) < 4.78 is 0. The van der Waals surface area contributed by atoms with Crippen molar-refractivity contribution in [2.75, 3.05) is 24.7 Å². The smallest absolute Gasteiger partial charge is 0.254 e. The predicted octanol–water partition coefficient (Wildman–Crippen LogP) is 1.32. The second-order valence-electron chi connectivity index (χ2n) is 4.27. The Morgan fingerprint density at radius 2 is 1.94 bits per heavy atom. The molecule has 1 aromatic carbocycles. The van der Waals surface area contributed by atoms with Crippen LogP contribution in [-0.4, -0.2) is 25.7 Å². The van der Waals surface area contributed by atoms with Crippen molar-refractivity contribution in [1.29, 1.82) is 0 Å². The number of nitrogens with zero attached hydrogens (tertiary/aromatic N) is 1. The van der Waals surface area contributed by atoms with Crippen molar-refractivity contribution < 1.29 is 4.79 Å². The SMILES string of the molecule is NCNC(=O)c1ccccc1N1CCCCC1. The van der Waals surface area contributed by atoms with Crippen LogP contribution in [0.25, 0.3) is 0 Å². The van der Waals surface area contributed by atoms with Crippen LogP contribution in [0, 0.1) is 0 Å². The number of anilines is 1. The zero-order valence-electron chi connectivity index (χ0n) is 9.98. The van der Waals surface area contributed by atoms with Gasteiger partial charge in [0.1, 0.15) is 0 Å². The molecule has 4 heteroatoms. The quantitative estimate of drug-likeness (QED) is 0.774. The van der Waals surface area contributed by atoms with Gasteiger partial charge in [-0.2, -0.15) is 0 Å². The third-order valence-corrected chi connectivity index (χ3v) is 3.11. The molecule has 1 heterocycles. The molecule has 0 aliphatic carbocycles. The predicted molar refractivity (Wildman–Crippen MR) is 69.0 cm³/mol. The van der Waals surface area contributed by atoms with Gasteiger partial charge in [0.05, 0.1) is 12.2 Å². The summed E-state index contributed by atoms with van der Waals surface area (Å²) in [6, 6.07) is 7.73. The normalized spacial score (nSPS) is 15.7. The first-order valence-electron chi connectivity index (χ1n) is 6.15. The number of piperidine rings is 1. The van der Waals surface area contributed by atoms with Gasteiger partial charge in [-0.25, -0.2) is 0 Å². The lowest BCUT2D eigenvalue weighted by molar-refractivity contribution is 0.0955. The molecule has 0 aromatic heterocycles. The van der Waals surface area contributed by atoms with E-state index in [0.717, 1.165) is 24.3 Å². The molecule has 17 heavy (non-hydrogen) atoms. The maximum absolute atomic E-state index is 11.9. The molecule has 0 saturated carbocycles. The minimum absolute atomic E-state index is 0.0892.